The van der Waals surface area contributed by atoms with Crippen molar-refractivity contribution in [3.05, 3.63) is 64.1 Å². The average molecular weight is 397 g/mol. The number of fused-ring (bicyclic) bond motifs is 1. The topological polar surface area (TPSA) is 93.6 Å². The molecule has 1 atom stereocenters. The summed E-state index contributed by atoms with van der Waals surface area (Å²) in [5.41, 5.74) is 0.755. The Morgan fingerprint density at radius 2 is 2.14 bits per heavy atom. The summed E-state index contributed by atoms with van der Waals surface area (Å²) < 4.78 is 1.94. The van der Waals surface area contributed by atoms with Gasteiger partial charge in [0.15, 0.2) is 5.65 Å². The summed E-state index contributed by atoms with van der Waals surface area (Å²) in [5, 5.41) is 19.9. The molecule has 1 saturated heterocycles. The van der Waals surface area contributed by atoms with E-state index >= 15 is 0 Å². The Hall–Kier alpha value is -2.94. The van der Waals surface area contributed by atoms with E-state index in [1.165, 1.54) is 17.8 Å². The van der Waals surface area contributed by atoms with Crippen molar-refractivity contribution in [3.63, 3.8) is 0 Å². The number of pyridine rings is 1. The Bertz CT molecular complexity index is 1050. The number of amides is 1. The van der Waals surface area contributed by atoms with E-state index in [0.717, 1.165) is 29.2 Å². The van der Waals surface area contributed by atoms with Gasteiger partial charge in [-0.2, -0.15) is 0 Å². The third kappa shape index (κ3) is 3.33. The summed E-state index contributed by atoms with van der Waals surface area (Å²) in [6, 6.07) is 10.4. The van der Waals surface area contributed by atoms with Crippen LogP contribution >= 0.6 is 11.8 Å². The zero-order chi connectivity index (χ0) is 19.7. The predicted octanol–water partition coefficient (Wildman–Crippen LogP) is 3.38. The number of aromatic nitrogens is 3. The summed E-state index contributed by atoms with van der Waals surface area (Å²) in [6.07, 6.45) is 5.50. The molecular weight excluding hydrogens is 378 g/mol. The van der Waals surface area contributed by atoms with Crippen molar-refractivity contribution in [3.8, 4) is 0 Å². The van der Waals surface area contributed by atoms with Crippen LogP contribution in [0.25, 0.3) is 5.65 Å². The van der Waals surface area contributed by atoms with Gasteiger partial charge in [0, 0.05) is 36.2 Å². The minimum absolute atomic E-state index is 0.0397. The zero-order valence-electron chi connectivity index (χ0n) is 15.3. The molecule has 1 fully saturated rings. The van der Waals surface area contributed by atoms with Gasteiger partial charge >= 0.3 is 0 Å². The van der Waals surface area contributed by atoms with Crippen LogP contribution in [0.2, 0.25) is 0 Å². The van der Waals surface area contributed by atoms with Crippen molar-refractivity contribution >= 4 is 29.0 Å². The molecule has 9 heteroatoms. The first-order valence-corrected chi connectivity index (χ1v) is 10.2. The van der Waals surface area contributed by atoms with Crippen molar-refractivity contribution in [2.24, 2.45) is 0 Å². The molecule has 1 aliphatic rings. The number of hydrogen-bond acceptors (Lipinski definition) is 6. The Labute approximate surface area is 165 Å². The first-order chi connectivity index (χ1) is 13.6. The Balaban J connectivity index is 1.63. The zero-order valence-corrected chi connectivity index (χ0v) is 16.1. The monoisotopic (exact) mass is 397 g/mol. The Morgan fingerprint density at radius 1 is 1.29 bits per heavy atom. The van der Waals surface area contributed by atoms with Crippen LogP contribution in [0, 0.1) is 10.1 Å². The minimum Gasteiger partial charge on any atom is -0.338 e. The predicted molar refractivity (Wildman–Crippen MR) is 106 cm³/mol. The van der Waals surface area contributed by atoms with Gasteiger partial charge in [-0.05, 0) is 43.4 Å². The number of piperidine rings is 1. The molecule has 3 heterocycles. The summed E-state index contributed by atoms with van der Waals surface area (Å²) in [5.74, 6) is 0.555. The summed E-state index contributed by atoms with van der Waals surface area (Å²) in [7, 11) is 0. The highest BCUT2D eigenvalue weighted by Gasteiger charge is 2.31. The van der Waals surface area contributed by atoms with E-state index in [0.29, 0.717) is 13.1 Å². The first-order valence-electron chi connectivity index (χ1n) is 9.00. The second-order valence-electron chi connectivity index (χ2n) is 6.72. The van der Waals surface area contributed by atoms with E-state index in [4.69, 9.17) is 0 Å². The molecule has 4 rings (SSSR count). The SMILES string of the molecule is CSc1ccc([N+](=O)[O-])c(C(=O)N2CCCC(c3nnc4ccccn34)C2)c1. The maximum atomic E-state index is 13.1. The van der Waals surface area contributed by atoms with Gasteiger partial charge in [0.2, 0.25) is 0 Å². The maximum Gasteiger partial charge on any atom is 0.282 e. The average Bonchev–Trinajstić information content (AvgIpc) is 3.17. The number of carbonyl (C=O) groups excluding carboxylic acids is 1. The standard InChI is InChI=1S/C19H19N5O3S/c1-28-14-7-8-16(24(26)27)15(11-14)19(25)22-9-4-5-13(12-22)18-21-20-17-6-2-3-10-23(17)18/h2-3,6-8,10-11,13H,4-5,9,12H2,1H3. The van der Waals surface area contributed by atoms with Crippen LogP contribution in [0.15, 0.2) is 47.5 Å². The first kappa shape index (κ1) is 18.4. The second kappa shape index (κ2) is 7.59. The van der Waals surface area contributed by atoms with E-state index in [1.807, 2.05) is 35.1 Å². The molecule has 0 saturated carbocycles. The van der Waals surface area contributed by atoms with Crippen LogP contribution in [0.1, 0.15) is 34.9 Å². The van der Waals surface area contributed by atoms with Gasteiger partial charge in [0.1, 0.15) is 11.4 Å². The second-order valence-corrected chi connectivity index (χ2v) is 7.60. The third-order valence-corrected chi connectivity index (χ3v) is 5.77. The quantitative estimate of drug-likeness (QED) is 0.381. The molecule has 0 radical (unpaired) electrons. The van der Waals surface area contributed by atoms with Gasteiger partial charge < -0.3 is 4.90 Å². The molecule has 144 valence electrons. The van der Waals surface area contributed by atoms with Gasteiger partial charge in [-0.15, -0.1) is 22.0 Å². The Morgan fingerprint density at radius 3 is 2.93 bits per heavy atom. The molecule has 0 spiro atoms. The summed E-state index contributed by atoms with van der Waals surface area (Å²) in [4.78, 5) is 26.6. The highest BCUT2D eigenvalue weighted by Crippen LogP contribution is 2.30. The molecule has 2 aromatic heterocycles. The van der Waals surface area contributed by atoms with Gasteiger partial charge in [-0.1, -0.05) is 6.07 Å². The molecule has 28 heavy (non-hydrogen) atoms. The number of nitrogens with zero attached hydrogens (tertiary/aromatic N) is 5. The van der Waals surface area contributed by atoms with Gasteiger partial charge in [-0.25, -0.2) is 0 Å². The van der Waals surface area contributed by atoms with E-state index < -0.39 is 4.92 Å². The van der Waals surface area contributed by atoms with Crippen LogP contribution in [0.3, 0.4) is 0 Å². The van der Waals surface area contributed by atoms with Gasteiger partial charge in [-0.3, -0.25) is 19.3 Å². The van der Waals surface area contributed by atoms with Crippen molar-refractivity contribution in [1.29, 1.82) is 0 Å². The lowest BCUT2D eigenvalue weighted by atomic mass is 9.96. The lowest BCUT2D eigenvalue weighted by molar-refractivity contribution is -0.385. The molecule has 1 unspecified atom stereocenters. The highest BCUT2D eigenvalue weighted by atomic mass is 32.2. The lowest BCUT2D eigenvalue weighted by Gasteiger charge is -2.32. The number of nitro groups is 1. The summed E-state index contributed by atoms with van der Waals surface area (Å²) in [6.45, 7) is 1.04. The molecule has 0 aliphatic carbocycles. The van der Waals surface area contributed by atoms with Crippen LogP contribution in [-0.2, 0) is 0 Å². The number of hydrogen-bond donors (Lipinski definition) is 0. The highest BCUT2D eigenvalue weighted by molar-refractivity contribution is 7.98. The molecule has 1 aromatic carbocycles. The smallest absolute Gasteiger partial charge is 0.282 e. The molecular formula is C19H19N5O3S. The fraction of sp³-hybridized carbons (Fsp3) is 0.316. The van der Waals surface area contributed by atoms with Crippen molar-refractivity contribution in [1.82, 2.24) is 19.5 Å². The largest absolute Gasteiger partial charge is 0.338 e. The molecule has 3 aromatic rings. The molecule has 0 bridgehead atoms. The normalized spacial score (nSPS) is 17.0. The number of carbonyl (C=O) groups is 1. The number of benzene rings is 1. The van der Waals surface area contributed by atoms with E-state index in [9.17, 15) is 14.9 Å². The number of nitro benzene ring substituents is 1. The lowest BCUT2D eigenvalue weighted by Crippen LogP contribution is -2.39. The summed E-state index contributed by atoms with van der Waals surface area (Å²) >= 11 is 1.45. The van der Waals surface area contributed by atoms with E-state index in [2.05, 4.69) is 10.2 Å². The molecule has 1 aliphatic heterocycles. The van der Waals surface area contributed by atoms with Crippen molar-refractivity contribution in [2.45, 2.75) is 23.7 Å². The number of thioether (sulfide) groups is 1. The van der Waals surface area contributed by atoms with Crippen LogP contribution in [-0.4, -0.2) is 49.7 Å². The maximum absolute atomic E-state index is 13.1. The molecule has 1 amide bonds. The van der Waals surface area contributed by atoms with Gasteiger partial charge in [0.25, 0.3) is 11.6 Å². The fourth-order valence-electron chi connectivity index (χ4n) is 3.65. The third-order valence-electron chi connectivity index (χ3n) is 5.04. The Kier molecular flexibility index (Phi) is 4.99. The molecule has 0 N–H and O–H groups in total. The van der Waals surface area contributed by atoms with Gasteiger partial charge in [0.05, 0.1) is 4.92 Å². The van der Waals surface area contributed by atoms with Crippen LogP contribution in [0.4, 0.5) is 5.69 Å². The number of rotatable bonds is 4. The minimum atomic E-state index is -0.495. The van der Waals surface area contributed by atoms with Crippen LogP contribution in [0.5, 0.6) is 0 Å². The van der Waals surface area contributed by atoms with Crippen molar-refractivity contribution in [2.75, 3.05) is 19.3 Å². The van der Waals surface area contributed by atoms with Crippen molar-refractivity contribution < 1.29 is 9.72 Å². The fourth-order valence-corrected chi connectivity index (χ4v) is 4.09. The van der Waals surface area contributed by atoms with E-state index in [1.54, 1.807) is 17.0 Å². The number of likely N-dealkylation sites (tertiary alicyclic amines) is 1. The molecule has 8 nitrogen and oxygen atoms in total. The van der Waals surface area contributed by atoms with Crippen LogP contribution < -0.4 is 0 Å². The van der Waals surface area contributed by atoms with E-state index in [-0.39, 0.29) is 23.1 Å².